The maximum Gasteiger partial charge on any atom is 0.241 e. The van der Waals surface area contributed by atoms with Crippen LogP contribution < -0.4 is 4.90 Å². The van der Waals surface area contributed by atoms with Gasteiger partial charge in [0, 0.05) is 10.4 Å². The molecule has 1 saturated heterocycles. The standard InChI is InChI=1S/C24H18ClNO2/c1-23-20(21(27)26(22(23)28)19-14-8-13-18(25)15-19)24(23,16-9-4-2-5-10-16)17-11-6-3-7-12-17/h2-15,20H,1H3/t20-,23+/m1/s1. The van der Waals surface area contributed by atoms with Crippen LogP contribution in [0.4, 0.5) is 5.69 Å². The minimum absolute atomic E-state index is 0.164. The second kappa shape index (κ2) is 5.79. The van der Waals surface area contributed by atoms with E-state index in [4.69, 9.17) is 11.6 Å². The fourth-order valence-electron chi connectivity index (χ4n) is 5.17. The van der Waals surface area contributed by atoms with Crippen molar-refractivity contribution < 1.29 is 9.59 Å². The molecular weight excluding hydrogens is 370 g/mol. The summed E-state index contributed by atoms with van der Waals surface area (Å²) in [6.07, 6.45) is 0. The molecule has 2 fully saturated rings. The van der Waals surface area contributed by atoms with Crippen LogP contribution in [0.5, 0.6) is 0 Å². The van der Waals surface area contributed by atoms with Crippen molar-refractivity contribution in [3.05, 3.63) is 101 Å². The first-order chi connectivity index (χ1) is 13.5. The van der Waals surface area contributed by atoms with Gasteiger partial charge in [-0.1, -0.05) is 78.3 Å². The zero-order valence-corrected chi connectivity index (χ0v) is 16.1. The summed E-state index contributed by atoms with van der Waals surface area (Å²) in [7, 11) is 0. The number of anilines is 1. The molecule has 3 nitrogen and oxygen atoms in total. The Balaban J connectivity index is 1.68. The number of rotatable bonds is 3. The minimum Gasteiger partial charge on any atom is -0.274 e. The number of hydrogen-bond donors (Lipinski definition) is 0. The van der Waals surface area contributed by atoms with Gasteiger partial charge in [-0.15, -0.1) is 0 Å². The van der Waals surface area contributed by atoms with Crippen molar-refractivity contribution in [1.82, 2.24) is 0 Å². The summed E-state index contributed by atoms with van der Waals surface area (Å²) in [5, 5.41) is 0.501. The Bertz CT molecular complexity index is 1060. The normalized spacial score (nSPS) is 24.9. The van der Waals surface area contributed by atoms with Gasteiger partial charge in [-0.3, -0.25) is 9.59 Å². The fourth-order valence-corrected chi connectivity index (χ4v) is 5.35. The smallest absolute Gasteiger partial charge is 0.241 e. The van der Waals surface area contributed by atoms with Crippen LogP contribution in [0.25, 0.3) is 0 Å². The van der Waals surface area contributed by atoms with Gasteiger partial charge in [0.15, 0.2) is 0 Å². The Labute approximate surface area is 168 Å². The van der Waals surface area contributed by atoms with E-state index in [2.05, 4.69) is 0 Å². The Morgan fingerprint density at radius 2 is 1.39 bits per heavy atom. The molecule has 2 atom stereocenters. The van der Waals surface area contributed by atoms with Crippen LogP contribution in [-0.2, 0) is 15.0 Å². The lowest BCUT2D eigenvalue weighted by Crippen LogP contribution is -2.42. The van der Waals surface area contributed by atoms with Crippen LogP contribution in [0, 0.1) is 11.3 Å². The Morgan fingerprint density at radius 1 is 0.821 bits per heavy atom. The van der Waals surface area contributed by atoms with E-state index in [0.29, 0.717) is 10.7 Å². The van der Waals surface area contributed by atoms with Crippen LogP contribution in [0.3, 0.4) is 0 Å². The van der Waals surface area contributed by atoms with Gasteiger partial charge in [-0.05, 0) is 36.2 Å². The maximum atomic E-state index is 13.6. The summed E-state index contributed by atoms with van der Waals surface area (Å²) >= 11 is 6.10. The van der Waals surface area contributed by atoms with Gasteiger partial charge in [0.1, 0.15) is 0 Å². The highest BCUT2D eigenvalue weighted by Gasteiger charge is 2.86. The van der Waals surface area contributed by atoms with E-state index in [-0.39, 0.29) is 11.8 Å². The van der Waals surface area contributed by atoms with E-state index in [0.717, 1.165) is 11.1 Å². The van der Waals surface area contributed by atoms with Gasteiger partial charge < -0.3 is 0 Å². The molecule has 3 aromatic rings. The first kappa shape index (κ1) is 17.2. The van der Waals surface area contributed by atoms with Crippen molar-refractivity contribution in [2.45, 2.75) is 12.3 Å². The molecule has 1 heterocycles. The molecule has 0 radical (unpaired) electrons. The predicted molar refractivity (Wildman–Crippen MR) is 109 cm³/mol. The number of carbonyl (C=O) groups is 2. The second-order valence-electron chi connectivity index (χ2n) is 7.63. The minimum atomic E-state index is -0.824. The van der Waals surface area contributed by atoms with Gasteiger partial charge >= 0.3 is 0 Å². The number of imide groups is 1. The molecular formula is C24H18ClNO2. The van der Waals surface area contributed by atoms with E-state index in [1.54, 1.807) is 24.3 Å². The number of carbonyl (C=O) groups excluding carboxylic acids is 2. The highest BCUT2D eigenvalue weighted by atomic mass is 35.5. The molecule has 3 aromatic carbocycles. The second-order valence-corrected chi connectivity index (χ2v) is 8.07. The molecule has 28 heavy (non-hydrogen) atoms. The average molecular weight is 388 g/mol. The molecule has 0 spiro atoms. The van der Waals surface area contributed by atoms with Crippen LogP contribution in [0.15, 0.2) is 84.9 Å². The zero-order chi connectivity index (χ0) is 19.5. The number of benzene rings is 3. The molecule has 1 saturated carbocycles. The molecule has 5 rings (SSSR count). The Morgan fingerprint density at radius 3 is 1.86 bits per heavy atom. The van der Waals surface area contributed by atoms with Gasteiger partial charge in [0.05, 0.1) is 17.0 Å². The number of hydrogen-bond acceptors (Lipinski definition) is 2. The van der Waals surface area contributed by atoms with E-state index in [9.17, 15) is 9.59 Å². The highest BCUT2D eigenvalue weighted by Crippen LogP contribution is 2.76. The lowest BCUT2D eigenvalue weighted by atomic mass is 9.79. The van der Waals surface area contributed by atoms with Crippen molar-refractivity contribution in [2.24, 2.45) is 11.3 Å². The zero-order valence-electron chi connectivity index (χ0n) is 15.3. The van der Waals surface area contributed by atoms with Crippen molar-refractivity contribution in [3.63, 3.8) is 0 Å². The monoisotopic (exact) mass is 387 g/mol. The van der Waals surface area contributed by atoms with Crippen molar-refractivity contribution in [2.75, 3.05) is 4.90 Å². The van der Waals surface area contributed by atoms with E-state index in [1.165, 1.54) is 4.90 Å². The molecule has 2 amide bonds. The molecule has 138 valence electrons. The average Bonchev–Trinajstić information content (AvgIpc) is 3.24. The summed E-state index contributed by atoms with van der Waals surface area (Å²) < 4.78 is 0. The van der Waals surface area contributed by atoms with Crippen LogP contribution in [0.2, 0.25) is 5.02 Å². The third-order valence-corrected chi connectivity index (χ3v) is 6.62. The molecule has 0 aromatic heterocycles. The van der Waals surface area contributed by atoms with Crippen molar-refractivity contribution in [3.8, 4) is 0 Å². The van der Waals surface area contributed by atoms with Crippen LogP contribution >= 0.6 is 11.6 Å². The van der Waals surface area contributed by atoms with Crippen LogP contribution in [-0.4, -0.2) is 11.8 Å². The fraction of sp³-hybridized carbons (Fsp3) is 0.167. The molecule has 1 aliphatic heterocycles. The molecule has 1 aliphatic carbocycles. The van der Waals surface area contributed by atoms with Crippen molar-refractivity contribution in [1.29, 1.82) is 0 Å². The topological polar surface area (TPSA) is 37.4 Å². The van der Waals surface area contributed by atoms with Gasteiger partial charge in [-0.25, -0.2) is 4.90 Å². The lowest BCUT2D eigenvalue weighted by molar-refractivity contribution is -0.125. The maximum absolute atomic E-state index is 13.6. The largest absolute Gasteiger partial charge is 0.274 e. The van der Waals surface area contributed by atoms with Gasteiger partial charge in [-0.2, -0.15) is 0 Å². The molecule has 4 heteroatoms. The SMILES string of the molecule is C[C@@]12C(=O)N(c3cccc(Cl)c3)C(=O)[C@H]1C2(c1ccccc1)c1ccccc1. The molecule has 0 bridgehead atoms. The third kappa shape index (κ3) is 1.95. The van der Waals surface area contributed by atoms with E-state index < -0.39 is 16.7 Å². The lowest BCUT2D eigenvalue weighted by Gasteiger charge is -2.29. The van der Waals surface area contributed by atoms with Crippen molar-refractivity contribution >= 4 is 29.1 Å². The first-order valence-electron chi connectivity index (χ1n) is 9.28. The summed E-state index contributed by atoms with van der Waals surface area (Å²) in [5.74, 6) is -0.767. The summed E-state index contributed by atoms with van der Waals surface area (Å²) in [6.45, 7) is 1.92. The summed E-state index contributed by atoms with van der Waals surface area (Å²) in [5.41, 5.74) is 1.07. The summed E-state index contributed by atoms with van der Waals surface area (Å²) in [6, 6.07) is 26.7. The quantitative estimate of drug-likeness (QED) is 0.603. The van der Waals surface area contributed by atoms with E-state index in [1.807, 2.05) is 67.6 Å². The Kier molecular flexibility index (Phi) is 3.56. The number of halogens is 1. The number of piperidine rings is 1. The third-order valence-electron chi connectivity index (χ3n) is 6.39. The predicted octanol–water partition coefficient (Wildman–Crippen LogP) is 4.84. The number of amides is 2. The first-order valence-corrected chi connectivity index (χ1v) is 9.65. The summed E-state index contributed by atoms with van der Waals surface area (Å²) in [4.78, 5) is 28.4. The Hall–Kier alpha value is -2.91. The highest BCUT2D eigenvalue weighted by molar-refractivity contribution is 6.32. The van der Waals surface area contributed by atoms with E-state index >= 15 is 0 Å². The van der Waals surface area contributed by atoms with Gasteiger partial charge in [0.2, 0.25) is 11.8 Å². The molecule has 0 unspecified atom stereocenters. The number of fused-ring (bicyclic) bond motifs is 1. The number of nitrogens with zero attached hydrogens (tertiary/aromatic N) is 1. The van der Waals surface area contributed by atoms with Crippen LogP contribution in [0.1, 0.15) is 18.1 Å². The molecule has 0 N–H and O–H groups in total. The van der Waals surface area contributed by atoms with Gasteiger partial charge in [0.25, 0.3) is 0 Å². The molecule has 2 aliphatic rings.